The van der Waals surface area contributed by atoms with Crippen LogP contribution in [0.4, 0.5) is 0 Å². The molecule has 0 aromatic heterocycles. The SMILES string of the molecule is C=C1c2ccccc2C(=O)N1CC(=O)N(C1CC1)C1CCCc2ccccc21. The topological polar surface area (TPSA) is 40.6 Å². The van der Waals surface area contributed by atoms with Gasteiger partial charge in [0.1, 0.15) is 6.54 Å². The zero-order valence-electron chi connectivity index (χ0n) is 15.9. The molecule has 2 aromatic rings. The smallest absolute Gasteiger partial charge is 0.259 e. The van der Waals surface area contributed by atoms with Gasteiger partial charge in [0.25, 0.3) is 5.91 Å². The normalized spacial score (nSPS) is 20.7. The van der Waals surface area contributed by atoms with Crippen molar-refractivity contribution in [1.29, 1.82) is 0 Å². The molecular weight excluding hydrogens is 348 g/mol. The van der Waals surface area contributed by atoms with Crippen LogP contribution in [-0.4, -0.2) is 34.2 Å². The Morgan fingerprint density at radius 2 is 1.75 bits per heavy atom. The van der Waals surface area contributed by atoms with Crippen LogP contribution in [0.25, 0.3) is 5.70 Å². The zero-order valence-corrected chi connectivity index (χ0v) is 15.9. The summed E-state index contributed by atoms with van der Waals surface area (Å²) in [5.41, 5.74) is 4.74. The van der Waals surface area contributed by atoms with Gasteiger partial charge in [-0.3, -0.25) is 14.5 Å². The van der Waals surface area contributed by atoms with Gasteiger partial charge in [-0.25, -0.2) is 0 Å². The lowest BCUT2D eigenvalue weighted by Crippen LogP contribution is -2.44. The number of hydrogen-bond donors (Lipinski definition) is 0. The van der Waals surface area contributed by atoms with Gasteiger partial charge < -0.3 is 4.90 Å². The van der Waals surface area contributed by atoms with Gasteiger partial charge in [0.15, 0.2) is 0 Å². The quantitative estimate of drug-likeness (QED) is 0.808. The van der Waals surface area contributed by atoms with Crippen LogP contribution >= 0.6 is 0 Å². The van der Waals surface area contributed by atoms with Crippen LogP contribution in [0.1, 0.15) is 58.8 Å². The molecule has 0 saturated heterocycles. The Bertz CT molecular complexity index is 941. The molecule has 0 N–H and O–H groups in total. The lowest BCUT2D eigenvalue weighted by Gasteiger charge is -2.37. The monoisotopic (exact) mass is 372 g/mol. The van der Waals surface area contributed by atoms with Crippen molar-refractivity contribution in [2.75, 3.05) is 6.54 Å². The maximum atomic E-state index is 13.4. The van der Waals surface area contributed by atoms with Crippen molar-refractivity contribution in [3.8, 4) is 0 Å². The second-order valence-electron chi connectivity index (χ2n) is 8.02. The van der Waals surface area contributed by atoms with E-state index in [9.17, 15) is 9.59 Å². The summed E-state index contributed by atoms with van der Waals surface area (Å²) in [4.78, 5) is 29.9. The number of amides is 2. The maximum absolute atomic E-state index is 13.4. The van der Waals surface area contributed by atoms with E-state index in [2.05, 4.69) is 35.7 Å². The molecule has 1 atom stereocenters. The van der Waals surface area contributed by atoms with Crippen molar-refractivity contribution in [1.82, 2.24) is 9.80 Å². The van der Waals surface area contributed by atoms with Crippen LogP contribution in [0.5, 0.6) is 0 Å². The summed E-state index contributed by atoms with van der Waals surface area (Å²) >= 11 is 0. The second kappa shape index (κ2) is 6.62. The summed E-state index contributed by atoms with van der Waals surface area (Å²) in [5, 5.41) is 0. The van der Waals surface area contributed by atoms with Gasteiger partial charge in [-0.1, -0.05) is 49.0 Å². The molecule has 2 aromatic carbocycles. The fourth-order valence-electron chi connectivity index (χ4n) is 4.72. The molecule has 2 amide bonds. The number of benzene rings is 2. The molecule has 4 heteroatoms. The number of carbonyl (C=O) groups excluding carboxylic acids is 2. The van der Waals surface area contributed by atoms with Crippen molar-refractivity contribution in [2.24, 2.45) is 0 Å². The Labute approximate surface area is 165 Å². The minimum atomic E-state index is -0.117. The summed E-state index contributed by atoms with van der Waals surface area (Å²) in [6.07, 6.45) is 5.28. The molecule has 5 rings (SSSR count). The van der Waals surface area contributed by atoms with Gasteiger partial charge >= 0.3 is 0 Å². The Kier molecular flexibility index (Phi) is 4.08. The van der Waals surface area contributed by atoms with E-state index in [1.165, 1.54) is 11.1 Å². The molecule has 142 valence electrons. The van der Waals surface area contributed by atoms with Crippen LogP contribution in [-0.2, 0) is 11.2 Å². The molecular formula is C24H24N2O2. The van der Waals surface area contributed by atoms with E-state index in [-0.39, 0.29) is 24.4 Å². The highest BCUT2D eigenvalue weighted by atomic mass is 16.2. The van der Waals surface area contributed by atoms with Crippen molar-refractivity contribution in [3.05, 3.63) is 77.4 Å². The minimum absolute atomic E-state index is 0.0338. The van der Waals surface area contributed by atoms with Crippen LogP contribution in [0.15, 0.2) is 55.1 Å². The molecule has 1 fully saturated rings. The Morgan fingerprint density at radius 1 is 1.04 bits per heavy atom. The maximum Gasteiger partial charge on any atom is 0.259 e. The lowest BCUT2D eigenvalue weighted by molar-refractivity contribution is -0.134. The molecule has 0 bridgehead atoms. The number of hydrogen-bond acceptors (Lipinski definition) is 2. The van der Waals surface area contributed by atoms with Crippen LogP contribution < -0.4 is 0 Å². The Balaban J connectivity index is 1.41. The van der Waals surface area contributed by atoms with Gasteiger partial charge in [0.2, 0.25) is 5.91 Å². The van der Waals surface area contributed by atoms with E-state index >= 15 is 0 Å². The molecule has 0 radical (unpaired) electrons. The standard InChI is InChI=1S/C24H24N2O2/c1-16-19-9-4-5-11-21(19)24(28)25(16)15-23(27)26(18-13-14-18)22-12-6-8-17-7-2-3-10-20(17)22/h2-5,7,9-11,18,22H,1,6,8,12-15H2. The zero-order chi connectivity index (χ0) is 19.3. The van der Waals surface area contributed by atoms with E-state index in [4.69, 9.17) is 0 Å². The largest absolute Gasteiger partial charge is 0.331 e. The average molecular weight is 372 g/mol. The van der Waals surface area contributed by atoms with E-state index in [0.717, 1.165) is 37.7 Å². The molecule has 2 aliphatic carbocycles. The Morgan fingerprint density at radius 3 is 2.50 bits per heavy atom. The van der Waals surface area contributed by atoms with Crippen LogP contribution in [0.3, 0.4) is 0 Å². The molecule has 28 heavy (non-hydrogen) atoms. The highest BCUT2D eigenvalue weighted by Crippen LogP contribution is 2.41. The first-order chi connectivity index (χ1) is 13.6. The van der Waals surface area contributed by atoms with Crippen molar-refractivity contribution in [3.63, 3.8) is 0 Å². The van der Waals surface area contributed by atoms with Crippen LogP contribution in [0.2, 0.25) is 0 Å². The molecule has 1 saturated carbocycles. The molecule has 4 nitrogen and oxygen atoms in total. The summed E-state index contributed by atoms with van der Waals surface area (Å²) in [5.74, 6) is -0.0831. The first-order valence-corrected chi connectivity index (χ1v) is 10.1. The second-order valence-corrected chi connectivity index (χ2v) is 8.02. The molecule has 3 aliphatic rings. The van der Waals surface area contributed by atoms with Gasteiger partial charge in [-0.15, -0.1) is 0 Å². The predicted octanol–water partition coefficient (Wildman–Crippen LogP) is 4.18. The van der Waals surface area contributed by atoms with E-state index in [0.29, 0.717) is 17.3 Å². The van der Waals surface area contributed by atoms with Crippen molar-refractivity contribution in [2.45, 2.75) is 44.2 Å². The van der Waals surface area contributed by atoms with E-state index in [1.54, 1.807) is 4.90 Å². The van der Waals surface area contributed by atoms with E-state index < -0.39 is 0 Å². The number of aryl methyl sites for hydroxylation is 1. The number of nitrogens with zero attached hydrogens (tertiary/aromatic N) is 2. The van der Waals surface area contributed by atoms with Gasteiger partial charge in [-0.05, 0) is 49.3 Å². The first-order valence-electron chi connectivity index (χ1n) is 10.1. The number of rotatable bonds is 4. The number of fused-ring (bicyclic) bond motifs is 2. The van der Waals surface area contributed by atoms with Crippen molar-refractivity contribution >= 4 is 17.5 Å². The molecule has 1 heterocycles. The summed E-state index contributed by atoms with van der Waals surface area (Å²) in [7, 11) is 0. The Hall–Kier alpha value is -2.88. The predicted molar refractivity (Wildman–Crippen MR) is 109 cm³/mol. The summed E-state index contributed by atoms with van der Waals surface area (Å²) in [6, 6.07) is 16.4. The van der Waals surface area contributed by atoms with E-state index in [1.807, 2.05) is 24.3 Å². The minimum Gasteiger partial charge on any atom is -0.331 e. The van der Waals surface area contributed by atoms with Crippen LogP contribution in [0, 0.1) is 0 Å². The lowest BCUT2D eigenvalue weighted by atomic mass is 9.86. The summed E-state index contributed by atoms with van der Waals surface area (Å²) < 4.78 is 0. The third kappa shape index (κ3) is 2.75. The highest BCUT2D eigenvalue weighted by Gasteiger charge is 2.41. The van der Waals surface area contributed by atoms with Gasteiger partial charge in [0.05, 0.1) is 6.04 Å². The fourth-order valence-corrected chi connectivity index (χ4v) is 4.72. The highest BCUT2D eigenvalue weighted by molar-refractivity contribution is 6.10. The number of carbonyl (C=O) groups is 2. The third-order valence-electron chi connectivity index (χ3n) is 6.23. The average Bonchev–Trinajstić information content (AvgIpc) is 3.53. The molecule has 0 spiro atoms. The van der Waals surface area contributed by atoms with Crippen molar-refractivity contribution < 1.29 is 9.59 Å². The molecule has 1 unspecified atom stereocenters. The fraction of sp³-hybridized carbons (Fsp3) is 0.333. The molecule has 1 aliphatic heterocycles. The third-order valence-corrected chi connectivity index (χ3v) is 6.23. The summed E-state index contributed by atoms with van der Waals surface area (Å²) in [6.45, 7) is 4.15. The first kappa shape index (κ1) is 17.2. The van der Waals surface area contributed by atoms with Gasteiger partial charge in [-0.2, -0.15) is 0 Å². The van der Waals surface area contributed by atoms with Gasteiger partial charge in [0, 0.05) is 22.9 Å².